The number of rotatable bonds is 6. The zero-order valence-electron chi connectivity index (χ0n) is 17.0. The normalized spacial score (nSPS) is 17.9. The van der Waals surface area contributed by atoms with Gasteiger partial charge in [0, 0.05) is 25.2 Å². The lowest BCUT2D eigenvalue weighted by atomic mass is 10.1. The third-order valence-electron chi connectivity index (χ3n) is 4.35. The summed E-state index contributed by atoms with van der Waals surface area (Å²) in [6, 6.07) is 8.85. The zero-order valence-corrected chi connectivity index (χ0v) is 17.0. The van der Waals surface area contributed by atoms with Gasteiger partial charge in [-0.2, -0.15) is 26.3 Å². The molecule has 1 aliphatic carbocycles. The van der Waals surface area contributed by atoms with Crippen LogP contribution in [0.5, 0.6) is 11.5 Å². The number of hydrogen-bond donors (Lipinski definition) is 2. The van der Waals surface area contributed by atoms with Crippen LogP contribution in [0.3, 0.4) is 0 Å². The van der Waals surface area contributed by atoms with Gasteiger partial charge in [0.25, 0.3) is 0 Å². The van der Waals surface area contributed by atoms with E-state index >= 15 is 0 Å². The Morgan fingerprint density at radius 3 is 1.21 bits per heavy atom. The van der Waals surface area contributed by atoms with Crippen molar-refractivity contribution in [3.8, 4) is 11.5 Å². The van der Waals surface area contributed by atoms with Gasteiger partial charge in [0.05, 0.1) is 0 Å². The number of ether oxygens (including phenoxy) is 2. The minimum Gasteiger partial charge on any atom is -0.451 e. The average Bonchev–Trinajstić information content (AvgIpc) is 2.80. The number of halogens is 6. The van der Waals surface area contributed by atoms with Crippen LogP contribution < -0.4 is 20.1 Å². The second kappa shape index (κ2) is 8.34. The van der Waals surface area contributed by atoms with E-state index < -0.39 is 52.6 Å². The van der Waals surface area contributed by atoms with Crippen LogP contribution >= 0.6 is 0 Å². The van der Waals surface area contributed by atoms with Crippen LogP contribution in [0.1, 0.15) is 13.8 Å². The van der Waals surface area contributed by atoms with E-state index in [1.54, 1.807) is 0 Å². The Balaban J connectivity index is 1.98. The van der Waals surface area contributed by atoms with Crippen molar-refractivity contribution < 1.29 is 45.4 Å². The first-order valence-electron chi connectivity index (χ1n) is 9.25. The van der Waals surface area contributed by atoms with Gasteiger partial charge in [0.2, 0.25) is 23.3 Å². The molecule has 0 saturated carbocycles. The Bertz CT molecular complexity index is 1010. The molecule has 0 heterocycles. The van der Waals surface area contributed by atoms with Crippen LogP contribution in [0.4, 0.5) is 37.7 Å². The minimum absolute atomic E-state index is 0.230. The highest BCUT2D eigenvalue weighted by Crippen LogP contribution is 2.59. The summed E-state index contributed by atoms with van der Waals surface area (Å²) >= 11 is 0. The van der Waals surface area contributed by atoms with Gasteiger partial charge in [0.15, 0.2) is 0 Å². The van der Waals surface area contributed by atoms with E-state index in [9.17, 15) is 35.9 Å². The molecule has 12 heteroatoms. The first kappa shape index (κ1) is 24.0. The fourth-order valence-electron chi connectivity index (χ4n) is 2.84. The molecule has 2 N–H and O–H groups in total. The lowest BCUT2D eigenvalue weighted by molar-refractivity contribution is -0.273. The lowest BCUT2D eigenvalue weighted by Crippen LogP contribution is -2.50. The van der Waals surface area contributed by atoms with Gasteiger partial charge < -0.3 is 20.1 Å². The van der Waals surface area contributed by atoms with Crippen molar-refractivity contribution in [1.29, 1.82) is 0 Å². The maximum atomic E-state index is 14.4. The number of carbonyl (C=O) groups excluding carboxylic acids is 2. The summed E-state index contributed by atoms with van der Waals surface area (Å²) in [5.74, 6) is -22.6. The van der Waals surface area contributed by atoms with E-state index in [1.807, 2.05) is 0 Å². The van der Waals surface area contributed by atoms with Crippen molar-refractivity contribution in [2.75, 3.05) is 10.6 Å². The average molecular weight is 474 g/mol. The molecule has 0 saturated heterocycles. The summed E-state index contributed by atoms with van der Waals surface area (Å²) in [7, 11) is 0. The highest BCUT2D eigenvalue weighted by molar-refractivity contribution is 5.89. The Labute approximate surface area is 183 Å². The van der Waals surface area contributed by atoms with Gasteiger partial charge in [-0.05, 0) is 48.5 Å². The SMILES string of the molecule is CC(=O)Nc1ccc(OC2=C(Oc3ccc(NC(C)=O)cc3)C(F)(F)C(F)(F)C2(F)F)cc1. The van der Waals surface area contributed by atoms with Gasteiger partial charge >= 0.3 is 17.8 Å². The monoisotopic (exact) mass is 474 g/mol. The maximum absolute atomic E-state index is 14.4. The van der Waals surface area contributed by atoms with Gasteiger partial charge in [-0.15, -0.1) is 0 Å². The number of allylic oxidation sites excluding steroid dienone is 2. The van der Waals surface area contributed by atoms with Gasteiger partial charge in [-0.25, -0.2) is 0 Å². The van der Waals surface area contributed by atoms with Crippen molar-refractivity contribution in [2.24, 2.45) is 0 Å². The largest absolute Gasteiger partial charge is 0.451 e. The molecular weight excluding hydrogens is 458 g/mol. The summed E-state index contributed by atoms with van der Waals surface area (Å²) in [5, 5.41) is 4.76. The van der Waals surface area contributed by atoms with Gasteiger partial charge in [-0.1, -0.05) is 0 Å². The first-order valence-corrected chi connectivity index (χ1v) is 9.25. The molecule has 2 aromatic carbocycles. The number of amides is 2. The predicted molar refractivity (Wildman–Crippen MR) is 105 cm³/mol. The second-order valence-corrected chi connectivity index (χ2v) is 7.00. The molecule has 2 aromatic rings. The zero-order chi connectivity index (χ0) is 24.6. The molecule has 0 bridgehead atoms. The van der Waals surface area contributed by atoms with Crippen LogP contribution in [0.25, 0.3) is 0 Å². The molecule has 0 radical (unpaired) electrons. The van der Waals surface area contributed by atoms with Crippen molar-refractivity contribution in [2.45, 2.75) is 31.6 Å². The van der Waals surface area contributed by atoms with Crippen LogP contribution in [0.15, 0.2) is 60.0 Å². The molecule has 0 unspecified atom stereocenters. The summed E-state index contributed by atoms with van der Waals surface area (Å²) in [6.45, 7) is 2.43. The number of hydrogen-bond acceptors (Lipinski definition) is 4. The standard InChI is InChI=1S/C21H16F6N2O4/c1-11(30)28-13-3-7-15(8-4-13)32-17-18(20(24,25)21(26,27)19(17,22)23)33-16-9-5-14(6-10-16)29-12(2)31/h3-10H,1-2H3,(H,28,30)(H,29,31). The molecule has 6 nitrogen and oxygen atoms in total. The number of anilines is 2. The smallest absolute Gasteiger partial charge is 0.387 e. The van der Waals surface area contributed by atoms with Crippen LogP contribution in [-0.4, -0.2) is 29.6 Å². The van der Waals surface area contributed by atoms with Crippen LogP contribution in [0.2, 0.25) is 0 Å². The summed E-state index contributed by atoms with van der Waals surface area (Å²) in [5.41, 5.74) is 0.460. The second-order valence-electron chi connectivity index (χ2n) is 7.00. The highest BCUT2D eigenvalue weighted by atomic mass is 19.3. The van der Waals surface area contributed by atoms with Gasteiger partial charge in [-0.3, -0.25) is 9.59 Å². The van der Waals surface area contributed by atoms with E-state index in [-0.39, 0.29) is 11.4 Å². The fourth-order valence-corrected chi connectivity index (χ4v) is 2.84. The molecule has 33 heavy (non-hydrogen) atoms. The predicted octanol–water partition coefficient (Wildman–Crippen LogP) is 5.19. The molecule has 0 aromatic heterocycles. The van der Waals surface area contributed by atoms with E-state index in [1.165, 1.54) is 38.1 Å². The molecular formula is C21H16F6N2O4. The molecule has 176 valence electrons. The molecule has 0 fully saturated rings. The van der Waals surface area contributed by atoms with Crippen molar-refractivity contribution in [3.63, 3.8) is 0 Å². The summed E-state index contributed by atoms with van der Waals surface area (Å²) in [4.78, 5) is 22.1. The van der Waals surface area contributed by atoms with E-state index in [4.69, 9.17) is 9.47 Å². The molecule has 0 spiro atoms. The lowest BCUT2D eigenvalue weighted by Gasteiger charge is -2.24. The molecule has 2 amide bonds. The third-order valence-corrected chi connectivity index (χ3v) is 4.35. The van der Waals surface area contributed by atoms with E-state index in [2.05, 4.69) is 10.6 Å². The number of alkyl halides is 6. The van der Waals surface area contributed by atoms with E-state index in [0.717, 1.165) is 24.3 Å². The summed E-state index contributed by atoms with van der Waals surface area (Å²) in [6.07, 6.45) is 0. The molecule has 3 rings (SSSR count). The quantitative estimate of drug-likeness (QED) is 0.565. The topological polar surface area (TPSA) is 76.7 Å². The Hall–Kier alpha value is -3.70. The minimum atomic E-state index is -5.84. The third kappa shape index (κ3) is 4.45. The maximum Gasteiger partial charge on any atom is 0.387 e. The van der Waals surface area contributed by atoms with Crippen LogP contribution in [0, 0.1) is 0 Å². The molecule has 0 atom stereocenters. The Morgan fingerprint density at radius 1 is 0.636 bits per heavy atom. The number of carbonyl (C=O) groups is 2. The number of benzene rings is 2. The van der Waals surface area contributed by atoms with Crippen molar-refractivity contribution >= 4 is 23.2 Å². The Kier molecular flexibility index (Phi) is 6.05. The Morgan fingerprint density at radius 2 is 0.939 bits per heavy atom. The van der Waals surface area contributed by atoms with E-state index in [0.29, 0.717) is 0 Å². The van der Waals surface area contributed by atoms with Crippen LogP contribution in [-0.2, 0) is 9.59 Å². The van der Waals surface area contributed by atoms with Crippen molar-refractivity contribution in [1.82, 2.24) is 0 Å². The van der Waals surface area contributed by atoms with Crippen molar-refractivity contribution in [3.05, 3.63) is 60.0 Å². The highest BCUT2D eigenvalue weighted by Gasteiger charge is 2.83. The number of nitrogens with one attached hydrogen (secondary N) is 2. The molecule has 1 aliphatic rings. The first-order chi connectivity index (χ1) is 15.3. The molecule has 0 aliphatic heterocycles. The van der Waals surface area contributed by atoms with Gasteiger partial charge in [0.1, 0.15) is 11.5 Å². The summed E-state index contributed by atoms with van der Waals surface area (Å²) < 4.78 is 95.1. The fraction of sp³-hybridized carbons (Fsp3) is 0.238.